The Morgan fingerprint density at radius 3 is 2.20 bits per heavy atom. The number of hydrogen-bond donors (Lipinski definition) is 1. The molecule has 3 rings (SSSR count). The Kier molecular flexibility index (Phi) is 6.68. The molecule has 0 aliphatic rings. The number of nitrogens with zero attached hydrogens (tertiary/aromatic N) is 1. The summed E-state index contributed by atoms with van der Waals surface area (Å²) in [6.07, 6.45) is 1.47. The zero-order valence-corrected chi connectivity index (χ0v) is 16.1. The monoisotopic (exact) mass is 402 g/mol. The zero-order valence-electron chi connectivity index (χ0n) is 16.1. The minimum Gasteiger partial charge on any atom is -0.426 e. The van der Waals surface area contributed by atoms with Gasteiger partial charge in [0.25, 0.3) is 5.91 Å². The Morgan fingerprint density at radius 2 is 1.50 bits per heavy atom. The minimum absolute atomic E-state index is 0.132. The summed E-state index contributed by atoms with van der Waals surface area (Å²) in [5, 5.41) is 3.91. The van der Waals surface area contributed by atoms with Gasteiger partial charge in [0.15, 0.2) is 0 Å². The lowest BCUT2D eigenvalue weighted by Crippen LogP contribution is -2.17. The average molecular weight is 402 g/mol. The highest BCUT2D eigenvalue weighted by atomic mass is 16.5. The number of carbonyl (C=O) groups excluding carboxylic acids is 3. The van der Waals surface area contributed by atoms with Crippen molar-refractivity contribution in [1.29, 1.82) is 0 Å². The van der Waals surface area contributed by atoms with E-state index in [-0.39, 0.29) is 17.2 Å². The van der Waals surface area contributed by atoms with E-state index in [4.69, 9.17) is 9.47 Å². The molecule has 3 aromatic rings. The maximum absolute atomic E-state index is 12.4. The van der Waals surface area contributed by atoms with Crippen molar-refractivity contribution in [2.75, 3.05) is 0 Å². The molecule has 1 N–H and O–H groups in total. The molecule has 1 amide bonds. The molecule has 0 aliphatic carbocycles. The maximum atomic E-state index is 12.4. The van der Waals surface area contributed by atoms with Crippen molar-refractivity contribution in [2.45, 2.75) is 6.92 Å². The van der Waals surface area contributed by atoms with Crippen LogP contribution < -0.4 is 14.9 Å². The first kappa shape index (κ1) is 20.5. The van der Waals surface area contributed by atoms with Crippen molar-refractivity contribution in [3.05, 3.63) is 95.6 Å². The summed E-state index contributed by atoms with van der Waals surface area (Å²) < 4.78 is 10.4. The van der Waals surface area contributed by atoms with Gasteiger partial charge < -0.3 is 9.47 Å². The summed E-state index contributed by atoms with van der Waals surface area (Å²) in [6, 6.07) is 21.6. The quantitative estimate of drug-likeness (QED) is 0.294. The number of ether oxygens (including phenoxy) is 2. The second-order valence-corrected chi connectivity index (χ2v) is 6.11. The third kappa shape index (κ3) is 5.62. The standard InChI is InChI=1S/C23H18N2O5/c1-16(26)29-21-10-6-5-9-20(21)23(28)30-19-13-11-17(12-14-19)15-24-25-22(27)18-7-3-2-4-8-18/h2-15H,1H3,(H,25,27)/b24-15+. The van der Waals surface area contributed by atoms with Crippen molar-refractivity contribution in [3.63, 3.8) is 0 Å². The van der Waals surface area contributed by atoms with E-state index in [1.54, 1.807) is 60.7 Å². The van der Waals surface area contributed by atoms with E-state index in [1.165, 1.54) is 25.3 Å². The molecule has 0 saturated heterocycles. The fourth-order valence-corrected chi connectivity index (χ4v) is 2.48. The van der Waals surface area contributed by atoms with Crippen LogP contribution in [0.5, 0.6) is 11.5 Å². The molecule has 0 atom stereocenters. The van der Waals surface area contributed by atoms with E-state index in [2.05, 4.69) is 10.5 Å². The summed E-state index contributed by atoms with van der Waals surface area (Å²) in [5.41, 5.74) is 3.79. The van der Waals surface area contributed by atoms with Crippen molar-refractivity contribution in [2.24, 2.45) is 5.10 Å². The number of hydrazone groups is 1. The summed E-state index contributed by atoms with van der Waals surface area (Å²) >= 11 is 0. The molecule has 7 heteroatoms. The molecule has 3 aromatic carbocycles. The zero-order chi connectivity index (χ0) is 21.3. The van der Waals surface area contributed by atoms with Crippen molar-refractivity contribution in [1.82, 2.24) is 5.43 Å². The summed E-state index contributed by atoms with van der Waals surface area (Å²) in [6.45, 7) is 1.25. The normalized spacial score (nSPS) is 10.4. The molecule has 0 spiro atoms. The van der Waals surface area contributed by atoms with Gasteiger partial charge in [-0.15, -0.1) is 0 Å². The number of rotatable bonds is 6. The molecule has 0 unspecified atom stereocenters. The lowest BCUT2D eigenvalue weighted by atomic mass is 10.2. The smallest absolute Gasteiger partial charge is 0.347 e. The molecule has 0 fully saturated rings. The fraction of sp³-hybridized carbons (Fsp3) is 0.0435. The molecule has 150 valence electrons. The van der Waals surface area contributed by atoms with Crippen LogP contribution in [-0.4, -0.2) is 24.1 Å². The van der Waals surface area contributed by atoms with Crippen LogP contribution in [0.2, 0.25) is 0 Å². The molecular formula is C23H18N2O5. The number of para-hydroxylation sites is 1. The number of hydrogen-bond acceptors (Lipinski definition) is 6. The van der Waals surface area contributed by atoms with Crippen molar-refractivity contribution < 1.29 is 23.9 Å². The summed E-state index contributed by atoms with van der Waals surface area (Å²) in [7, 11) is 0. The number of benzene rings is 3. The van der Waals surface area contributed by atoms with Gasteiger partial charge in [0.1, 0.15) is 17.1 Å². The highest BCUT2D eigenvalue weighted by Gasteiger charge is 2.15. The van der Waals surface area contributed by atoms with Crippen LogP contribution >= 0.6 is 0 Å². The lowest BCUT2D eigenvalue weighted by Gasteiger charge is -2.08. The molecule has 7 nitrogen and oxygen atoms in total. The van der Waals surface area contributed by atoms with Crippen LogP contribution in [-0.2, 0) is 4.79 Å². The lowest BCUT2D eigenvalue weighted by molar-refractivity contribution is -0.131. The largest absolute Gasteiger partial charge is 0.426 e. The van der Waals surface area contributed by atoms with Gasteiger partial charge in [0, 0.05) is 12.5 Å². The van der Waals surface area contributed by atoms with Crippen molar-refractivity contribution in [3.8, 4) is 11.5 Å². The predicted molar refractivity (Wildman–Crippen MR) is 111 cm³/mol. The predicted octanol–water partition coefficient (Wildman–Crippen LogP) is 3.60. The van der Waals surface area contributed by atoms with E-state index in [0.717, 1.165) is 0 Å². The Bertz CT molecular complexity index is 1080. The molecule has 0 heterocycles. The van der Waals surface area contributed by atoms with E-state index in [1.807, 2.05) is 6.07 Å². The number of amides is 1. The molecule has 0 saturated carbocycles. The Balaban J connectivity index is 1.60. The van der Waals surface area contributed by atoms with Crippen LogP contribution in [0.4, 0.5) is 0 Å². The Labute approximate surface area is 172 Å². The minimum atomic E-state index is -0.650. The van der Waals surface area contributed by atoms with Gasteiger partial charge in [-0.1, -0.05) is 30.3 Å². The topological polar surface area (TPSA) is 94.1 Å². The molecule has 0 radical (unpaired) electrons. The van der Waals surface area contributed by atoms with Crippen LogP contribution in [0.1, 0.15) is 33.2 Å². The van der Waals surface area contributed by atoms with Gasteiger partial charge in [0.05, 0.1) is 6.21 Å². The highest BCUT2D eigenvalue weighted by Crippen LogP contribution is 2.21. The third-order valence-corrected chi connectivity index (χ3v) is 3.87. The fourth-order valence-electron chi connectivity index (χ4n) is 2.48. The maximum Gasteiger partial charge on any atom is 0.347 e. The number of esters is 2. The Hall–Kier alpha value is -4.26. The first-order valence-corrected chi connectivity index (χ1v) is 9.01. The first-order chi connectivity index (χ1) is 14.5. The van der Waals surface area contributed by atoms with Gasteiger partial charge in [-0.2, -0.15) is 5.10 Å². The second-order valence-electron chi connectivity index (χ2n) is 6.11. The molecular weight excluding hydrogens is 384 g/mol. The van der Waals surface area contributed by atoms with Gasteiger partial charge in [-0.25, -0.2) is 10.2 Å². The van der Waals surface area contributed by atoms with Gasteiger partial charge in [-0.3, -0.25) is 9.59 Å². The van der Waals surface area contributed by atoms with Gasteiger partial charge >= 0.3 is 11.9 Å². The van der Waals surface area contributed by atoms with Gasteiger partial charge in [-0.05, 0) is 54.1 Å². The SMILES string of the molecule is CC(=O)Oc1ccccc1C(=O)Oc1ccc(/C=N/NC(=O)c2ccccc2)cc1. The highest BCUT2D eigenvalue weighted by molar-refractivity contribution is 5.95. The number of carbonyl (C=O) groups is 3. The molecule has 0 aromatic heterocycles. The van der Waals surface area contributed by atoms with Gasteiger partial charge in [0.2, 0.25) is 0 Å². The average Bonchev–Trinajstić information content (AvgIpc) is 2.75. The van der Waals surface area contributed by atoms with Crippen LogP contribution in [0, 0.1) is 0 Å². The van der Waals surface area contributed by atoms with Crippen LogP contribution in [0.25, 0.3) is 0 Å². The van der Waals surface area contributed by atoms with Crippen molar-refractivity contribution >= 4 is 24.1 Å². The second kappa shape index (κ2) is 9.79. The van der Waals surface area contributed by atoms with E-state index in [9.17, 15) is 14.4 Å². The van der Waals surface area contributed by atoms with Crippen LogP contribution in [0.3, 0.4) is 0 Å². The first-order valence-electron chi connectivity index (χ1n) is 9.01. The van der Waals surface area contributed by atoms with E-state index < -0.39 is 11.9 Å². The van der Waals surface area contributed by atoms with E-state index in [0.29, 0.717) is 16.9 Å². The van der Waals surface area contributed by atoms with E-state index >= 15 is 0 Å². The molecule has 30 heavy (non-hydrogen) atoms. The van der Waals surface area contributed by atoms with Crippen LogP contribution in [0.15, 0.2) is 84.0 Å². The summed E-state index contributed by atoms with van der Waals surface area (Å²) in [5.74, 6) is -1.05. The number of nitrogens with one attached hydrogen (secondary N) is 1. The third-order valence-electron chi connectivity index (χ3n) is 3.87. The molecule has 0 bridgehead atoms. The molecule has 0 aliphatic heterocycles. The summed E-state index contributed by atoms with van der Waals surface area (Å²) in [4.78, 5) is 35.5. The Morgan fingerprint density at radius 1 is 0.833 bits per heavy atom.